The number of hydrogen-bond donors (Lipinski definition) is 1. The average Bonchev–Trinajstić information content (AvgIpc) is 2.30. The molecule has 1 atom stereocenters. The fraction of sp³-hybridized carbons (Fsp3) is 0.385. The van der Waals surface area contributed by atoms with E-state index >= 15 is 0 Å². The standard InChI is InChI=1S/C13H13F2NO3/c1-7(13(18)19)8-5-16(6-8)12(17)9-3-2-4-10(14)11(9)15/h2-4,7-8H,5-6H2,1H3,(H,18,19). The highest BCUT2D eigenvalue weighted by Crippen LogP contribution is 2.26. The van der Waals surface area contributed by atoms with Crippen molar-refractivity contribution >= 4 is 11.9 Å². The summed E-state index contributed by atoms with van der Waals surface area (Å²) in [5.41, 5.74) is -0.318. The summed E-state index contributed by atoms with van der Waals surface area (Å²) in [4.78, 5) is 24.0. The van der Waals surface area contributed by atoms with Crippen LogP contribution >= 0.6 is 0 Å². The first-order valence-corrected chi connectivity index (χ1v) is 5.88. The number of carbonyl (C=O) groups excluding carboxylic acids is 1. The third-order valence-corrected chi connectivity index (χ3v) is 3.48. The van der Waals surface area contributed by atoms with Crippen molar-refractivity contribution in [3.05, 3.63) is 35.4 Å². The molecule has 1 aliphatic heterocycles. The van der Waals surface area contributed by atoms with Crippen molar-refractivity contribution in [3.63, 3.8) is 0 Å². The fourth-order valence-electron chi connectivity index (χ4n) is 2.04. The molecule has 6 heteroatoms. The van der Waals surface area contributed by atoms with Crippen molar-refractivity contribution in [2.75, 3.05) is 13.1 Å². The van der Waals surface area contributed by atoms with Crippen molar-refractivity contribution in [3.8, 4) is 0 Å². The molecule has 0 spiro atoms. The Labute approximate surface area is 108 Å². The summed E-state index contributed by atoms with van der Waals surface area (Å²) >= 11 is 0. The van der Waals surface area contributed by atoms with Gasteiger partial charge in [-0.25, -0.2) is 8.78 Å². The van der Waals surface area contributed by atoms with Crippen LogP contribution in [-0.4, -0.2) is 35.0 Å². The number of halogens is 2. The topological polar surface area (TPSA) is 57.6 Å². The number of hydrogen-bond acceptors (Lipinski definition) is 2. The number of likely N-dealkylation sites (tertiary alicyclic amines) is 1. The molecule has 1 saturated heterocycles. The quantitative estimate of drug-likeness (QED) is 0.909. The van der Waals surface area contributed by atoms with Crippen LogP contribution in [-0.2, 0) is 4.79 Å². The van der Waals surface area contributed by atoms with Crippen molar-refractivity contribution in [1.82, 2.24) is 4.90 Å². The molecular formula is C13H13F2NO3. The Balaban J connectivity index is 2.04. The number of benzene rings is 1. The maximum Gasteiger partial charge on any atom is 0.306 e. The maximum absolute atomic E-state index is 13.4. The first kappa shape index (κ1) is 13.5. The largest absolute Gasteiger partial charge is 0.481 e. The number of aliphatic carboxylic acids is 1. The van der Waals surface area contributed by atoms with E-state index in [0.717, 1.165) is 6.07 Å². The highest BCUT2D eigenvalue weighted by Gasteiger charge is 2.38. The predicted molar refractivity (Wildman–Crippen MR) is 62.6 cm³/mol. The Morgan fingerprint density at radius 3 is 2.58 bits per heavy atom. The molecule has 1 amide bonds. The lowest BCUT2D eigenvalue weighted by molar-refractivity contribution is -0.144. The molecule has 0 aliphatic carbocycles. The lowest BCUT2D eigenvalue weighted by Crippen LogP contribution is -2.53. The Morgan fingerprint density at radius 2 is 2.00 bits per heavy atom. The minimum atomic E-state index is -1.16. The molecule has 2 rings (SSSR count). The van der Waals surface area contributed by atoms with E-state index in [0.29, 0.717) is 0 Å². The second-order valence-electron chi connectivity index (χ2n) is 4.70. The fourth-order valence-corrected chi connectivity index (χ4v) is 2.04. The number of amides is 1. The summed E-state index contributed by atoms with van der Waals surface area (Å²) in [6.45, 7) is 2.07. The number of carboxylic acid groups (broad SMARTS) is 1. The molecule has 1 aliphatic rings. The molecule has 1 aromatic rings. The molecule has 1 N–H and O–H groups in total. The van der Waals surface area contributed by atoms with Gasteiger partial charge in [-0.3, -0.25) is 9.59 Å². The zero-order valence-electron chi connectivity index (χ0n) is 10.3. The van der Waals surface area contributed by atoms with Crippen molar-refractivity contribution in [1.29, 1.82) is 0 Å². The molecule has 0 saturated carbocycles. The molecule has 19 heavy (non-hydrogen) atoms. The SMILES string of the molecule is CC(C(=O)O)C1CN(C(=O)c2cccc(F)c2F)C1. The number of nitrogens with zero attached hydrogens (tertiary/aromatic N) is 1. The summed E-state index contributed by atoms with van der Waals surface area (Å²) in [6, 6.07) is 3.43. The zero-order valence-corrected chi connectivity index (χ0v) is 10.3. The van der Waals surface area contributed by atoms with Crippen LogP contribution in [0.3, 0.4) is 0 Å². The first-order chi connectivity index (χ1) is 8.91. The molecule has 0 radical (unpaired) electrons. The van der Waals surface area contributed by atoms with Gasteiger partial charge in [0, 0.05) is 19.0 Å². The molecule has 1 aromatic carbocycles. The lowest BCUT2D eigenvalue weighted by atomic mass is 9.86. The van der Waals surface area contributed by atoms with Crippen LogP contribution in [0.25, 0.3) is 0 Å². The molecule has 1 unspecified atom stereocenters. The monoisotopic (exact) mass is 269 g/mol. The summed E-state index contributed by atoms with van der Waals surface area (Å²) in [5, 5.41) is 8.83. The Bertz CT molecular complexity index is 527. The average molecular weight is 269 g/mol. The van der Waals surface area contributed by atoms with Gasteiger partial charge in [0.15, 0.2) is 11.6 Å². The van der Waals surface area contributed by atoms with E-state index in [4.69, 9.17) is 5.11 Å². The molecular weight excluding hydrogens is 256 g/mol. The van der Waals surface area contributed by atoms with Gasteiger partial charge in [-0.2, -0.15) is 0 Å². The first-order valence-electron chi connectivity index (χ1n) is 5.88. The van der Waals surface area contributed by atoms with Gasteiger partial charge in [-0.15, -0.1) is 0 Å². The van der Waals surface area contributed by atoms with Gasteiger partial charge >= 0.3 is 5.97 Å². The van der Waals surface area contributed by atoms with E-state index in [1.165, 1.54) is 17.0 Å². The molecule has 102 valence electrons. The Morgan fingerprint density at radius 1 is 1.37 bits per heavy atom. The van der Waals surface area contributed by atoms with Gasteiger partial charge in [-0.05, 0) is 12.1 Å². The predicted octanol–water partition coefficient (Wildman–Crippen LogP) is 1.76. The van der Waals surface area contributed by atoms with Crippen LogP contribution in [0.2, 0.25) is 0 Å². The van der Waals surface area contributed by atoms with Gasteiger partial charge in [0.1, 0.15) is 0 Å². The van der Waals surface area contributed by atoms with Crippen LogP contribution in [0.1, 0.15) is 17.3 Å². The van der Waals surface area contributed by atoms with Gasteiger partial charge in [0.05, 0.1) is 11.5 Å². The minimum absolute atomic E-state index is 0.141. The number of rotatable bonds is 3. The van der Waals surface area contributed by atoms with Crippen molar-refractivity contribution < 1.29 is 23.5 Å². The highest BCUT2D eigenvalue weighted by molar-refractivity contribution is 5.95. The summed E-state index contributed by atoms with van der Waals surface area (Å²) < 4.78 is 26.5. The number of carbonyl (C=O) groups is 2. The van der Waals surface area contributed by atoms with Gasteiger partial charge in [-0.1, -0.05) is 13.0 Å². The molecule has 1 fully saturated rings. The van der Waals surface area contributed by atoms with Crippen molar-refractivity contribution in [2.24, 2.45) is 11.8 Å². The second kappa shape index (κ2) is 4.95. The zero-order chi connectivity index (χ0) is 14.2. The molecule has 4 nitrogen and oxygen atoms in total. The third kappa shape index (κ3) is 2.43. The van der Waals surface area contributed by atoms with E-state index in [1.54, 1.807) is 6.92 Å². The Hall–Kier alpha value is -1.98. The van der Waals surface area contributed by atoms with Crippen LogP contribution in [0.15, 0.2) is 18.2 Å². The van der Waals surface area contributed by atoms with E-state index < -0.39 is 29.4 Å². The van der Waals surface area contributed by atoms with E-state index in [1.807, 2.05) is 0 Å². The molecule has 1 heterocycles. The van der Waals surface area contributed by atoms with Crippen molar-refractivity contribution in [2.45, 2.75) is 6.92 Å². The summed E-state index contributed by atoms with van der Waals surface area (Å²) in [5.74, 6) is -4.46. The summed E-state index contributed by atoms with van der Waals surface area (Å²) in [6.07, 6.45) is 0. The lowest BCUT2D eigenvalue weighted by Gasteiger charge is -2.41. The normalized spacial score (nSPS) is 16.9. The van der Waals surface area contributed by atoms with E-state index in [2.05, 4.69) is 0 Å². The second-order valence-corrected chi connectivity index (χ2v) is 4.70. The maximum atomic E-state index is 13.4. The van der Waals surface area contributed by atoms with Gasteiger partial charge < -0.3 is 10.0 Å². The van der Waals surface area contributed by atoms with E-state index in [-0.39, 0.29) is 24.6 Å². The minimum Gasteiger partial charge on any atom is -0.481 e. The smallest absolute Gasteiger partial charge is 0.306 e. The van der Waals surface area contributed by atoms with Crippen LogP contribution in [0.4, 0.5) is 8.78 Å². The summed E-state index contributed by atoms with van der Waals surface area (Å²) in [7, 11) is 0. The molecule has 0 bridgehead atoms. The Kier molecular flexibility index (Phi) is 3.50. The van der Waals surface area contributed by atoms with Gasteiger partial charge in [0.2, 0.25) is 0 Å². The van der Waals surface area contributed by atoms with Crippen LogP contribution in [0, 0.1) is 23.5 Å². The molecule has 0 aromatic heterocycles. The number of carboxylic acids is 1. The van der Waals surface area contributed by atoms with Crippen LogP contribution in [0.5, 0.6) is 0 Å². The van der Waals surface area contributed by atoms with E-state index in [9.17, 15) is 18.4 Å². The van der Waals surface area contributed by atoms with Gasteiger partial charge in [0.25, 0.3) is 5.91 Å². The van der Waals surface area contributed by atoms with Crippen LogP contribution < -0.4 is 0 Å². The highest BCUT2D eigenvalue weighted by atomic mass is 19.2. The third-order valence-electron chi connectivity index (χ3n) is 3.48.